The first-order valence-electron chi connectivity index (χ1n) is 12.1. The van der Waals surface area contributed by atoms with E-state index in [2.05, 4.69) is 55.2 Å². The molecule has 4 aliphatic carbocycles. The molecule has 0 bridgehead atoms. The monoisotopic (exact) mass is 419 g/mol. The number of aliphatic hydroxyl groups excluding tert-OH is 1. The quantitative estimate of drug-likeness (QED) is 0.498. The summed E-state index contributed by atoms with van der Waals surface area (Å²) in [7, 11) is 4.10. The second kappa shape index (κ2) is 7.33. The van der Waals surface area contributed by atoms with E-state index < -0.39 is 0 Å². The maximum absolute atomic E-state index is 13.6. The molecule has 0 saturated heterocycles. The van der Waals surface area contributed by atoms with Crippen LogP contribution >= 0.6 is 0 Å². The molecule has 0 amide bonds. The van der Waals surface area contributed by atoms with Crippen molar-refractivity contribution < 1.29 is 9.90 Å². The average Bonchev–Trinajstić information content (AvgIpc) is 2.99. The molecule has 6 atom stereocenters. The number of ketones is 1. The van der Waals surface area contributed by atoms with Crippen LogP contribution in [-0.2, 0) is 4.79 Å². The van der Waals surface area contributed by atoms with Gasteiger partial charge < -0.3 is 10.0 Å². The molecular weight excluding hydrogens is 382 g/mol. The lowest BCUT2D eigenvalue weighted by Gasteiger charge is -2.56. The van der Waals surface area contributed by atoms with Crippen LogP contribution in [0.3, 0.4) is 0 Å². The van der Waals surface area contributed by atoms with Crippen LogP contribution in [0.5, 0.6) is 0 Å². The van der Waals surface area contributed by atoms with E-state index in [0.717, 1.165) is 56.1 Å². The molecule has 3 saturated carbocycles. The molecule has 166 valence electrons. The van der Waals surface area contributed by atoms with Crippen molar-refractivity contribution in [3.63, 3.8) is 0 Å². The summed E-state index contributed by atoms with van der Waals surface area (Å²) in [6.45, 7) is 4.70. The third-order valence-corrected chi connectivity index (χ3v) is 9.47. The van der Waals surface area contributed by atoms with Crippen molar-refractivity contribution in [3.05, 3.63) is 47.1 Å². The fourth-order valence-corrected chi connectivity index (χ4v) is 7.51. The molecule has 1 aromatic carbocycles. The van der Waals surface area contributed by atoms with Crippen LogP contribution in [0.25, 0.3) is 6.08 Å². The SMILES string of the molecule is CN(C)c1ccc(/C=C2\C[C@H]3[C@@H]4CC=C5C[C@@H](O)CC[C@@]5(C)[C@@H]4CC[C@@]3(C)C2=O)cc1. The summed E-state index contributed by atoms with van der Waals surface area (Å²) in [5.41, 5.74) is 4.86. The molecule has 5 rings (SSSR count). The Hall–Kier alpha value is -1.87. The summed E-state index contributed by atoms with van der Waals surface area (Å²) in [5.74, 6) is 2.09. The molecule has 0 spiro atoms. The molecule has 4 aliphatic rings. The van der Waals surface area contributed by atoms with Crippen LogP contribution in [-0.4, -0.2) is 31.1 Å². The van der Waals surface area contributed by atoms with E-state index in [1.165, 1.54) is 11.3 Å². The molecule has 1 aromatic rings. The fourth-order valence-electron chi connectivity index (χ4n) is 7.51. The number of carbonyl (C=O) groups is 1. The van der Waals surface area contributed by atoms with E-state index >= 15 is 0 Å². The van der Waals surface area contributed by atoms with E-state index in [4.69, 9.17) is 0 Å². The predicted molar refractivity (Wildman–Crippen MR) is 127 cm³/mol. The number of carbonyl (C=O) groups excluding carboxylic acids is 1. The van der Waals surface area contributed by atoms with Gasteiger partial charge in [0.25, 0.3) is 0 Å². The van der Waals surface area contributed by atoms with Gasteiger partial charge in [-0.3, -0.25) is 4.79 Å². The average molecular weight is 420 g/mol. The van der Waals surface area contributed by atoms with E-state index in [1.807, 2.05) is 14.1 Å². The Labute approximate surface area is 187 Å². The largest absolute Gasteiger partial charge is 0.393 e. The summed E-state index contributed by atoms with van der Waals surface area (Å²) >= 11 is 0. The Morgan fingerprint density at radius 3 is 2.42 bits per heavy atom. The molecule has 0 unspecified atom stereocenters. The molecular formula is C28H37NO2. The highest BCUT2D eigenvalue weighted by Gasteiger charge is 2.59. The normalized spacial score (nSPS) is 40.7. The number of nitrogens with zero attached hydrogens (tertiary/aromatic N) is 1. The number of benzene rings is 1. The minimum absolute atomic E-state index is 0.161. The third kappa shape index (κ3) is 3.23. The zero-order valence-corrected chi connectivity index (χ0v) is 19.5. The molecule has 3 heteroatoms. The van der Waals surface area contributed by atoms with Crippen LogP contribution in [0.2, 0.25) is 0 Å². The molecule has 0 heterocycles. The van der Waals surface area contributed by atoms with Crippen molar-refractivity contribution in [2.75, 3.05) is 19.0 Å². The number of Topliss-reactive ketones (excluding diaryl/α,β-unsaturated/α-hetero) is 1. The Morgan fingerprint density at radius 2 is 1.71 bits per heavy atom. The van der Waals surface area contributed by atoms with Crippen molar-refractivity contribution in [1.82, 2.24) is 0 Å². The van der Waals surface area contributed by atoms with Gasteiger partial charge in [0.05, 0.1) is 6.10 Å². The second-order valence-electron chi connectivity index (χ2n) is 11.3. The maximum atomic E-state index is 13.6. The van der Waals surface area contributed by atoms with Gasteiger partial charge in [-0.25, -0.2) is 0 Å². The minimum atomic E-state index is -0.202. The van der Waals surface area contributed by atoms with Gasteiger partial charge in [-0.2, -0.15) is 0 Å². The van der Waals surface area contributed by atoms with Gasteiger partial charge in [-0.1, -0.05) is 37.6 Å². The smallest absolute Gasteiger partial charge is 0.165 e. The Balaban J connectivity index is 1.44. The van der Waals surface area contributed by atoms with Crippen molar-refractivity contribution in [2.24, 2.45) is 28.6 Å². The number of rotatable bonds is 2. The second-order valence-corrected chi connectivity index (χ2v) is 11.3. The lowest BCUT2D eigenvalue weighted by molar-refractivity contribution is -0.130. The number of hydrogen-bond donors (Lipinski definition) is 1. The highest BCUT2D eigenvalue weighted by molar-refractivity contribution is 6.06. The molecule has 3 nitrogen and oxygen atoms in total. The first kappa shape index (κ1) is 21.0. The van der Waals surface area contributed by atoms with Crippen molar-refractivity contribution >= 4 is 17.5 Å². The number of aliphatic hydroxyl groups is 1. The van der Waals surface area contributed by atoms with Gasteiger partial charge >= 0.3 is 0 Å². The maximum Gasteiger partial charge on any atom is 0.165 e. The number of allylic oxidation sites excluding steroid dienone is 2. The summed E-state index contributed by atoms with van der Waals surface area (Å²) in [6.07, 6.45) is 11.5. The van der Waals surface area contributed by atoms with Gasteiger partial charge in [-0.15, -0.1) is 0 Å². The standard InChI is InChI=1S/C28H37NO2/c1-27-13-11-22(30)17-20(27)7-10-23-24(27)12-14-28(2)25(23)16-19(26(28)31)15-18-5-8-21(9-6-18)29(3)4/h5-9,15,22-25,30H,10-14,16-17H2,1-4H3/b19-15+/t22-,23+,24+,25-,27+,28+/m0/s1. The molecule has 31 heavy (non-hydrogen) atoms. The summed E-state index contributed by atoms with van der Waals surface area (Å²) < 4.78 is 0. The minimum Gasteiger partial charge on any atom is -0.393 e. The van der Waals surface area contributed by atoms with E-state index in [9.17, 15) is 9.90 Å². The van der Waals surface area contributed by atoms with Crippen molar-refractivity contribution in [1.29, 1.82) is 0 Å². The highest BCUT2D eigenvalue weighted by atomic mass is 16.3. The van der Waals surface area contributed by atoms with E-state index in [-0.39, 0.29) is 16.9 Å². The fraction of sp³-hybridized carbons (Fsp3) is 0.607. The van der Waals surface area contributed by atoms with Crippen molar-refractivity contribution in [3.8, 4) is 0 Å². The Bertz CT molecular complexity index is 942. The highest BCUT2D eigenvalue weighted by Crippen LogP contribution is 2.64. The molecule has 1 N–H and O–H groups in total. The Morgan fingerprint density at radius 1 is 1.00 bits per heavy atom. The van der Waals surface area contributed by atoms with Gasteiger partial charge in [0.15, 0.2) is 5.78 Å². The van der Waals surface area contributed by atoms with Crippen molar-refractivity contribution in [2.45, 2.75) is 64.9 Å². The third-order valence-electron chi connectivity index (χ3n) is 9.47. The van der Waals surface area contributed by atoms with E-state index in [1.54, 1.807) is 0 Å². The predicted octanol–water partition coefficient (Wildman–Crippen LogP) is 5.64. The first-order valence-corrected chi connectivity index (χ1v) is 12.1. The van der Waals surface area contributed by atoms with Gasteiger partial charge in [-0.05, 0) is 97.5 Å². The topological polar surface area (TPSA) is 40.5 Å². The zero-order chi connectivity index (χ0) is 22.0. The summed E-state index contributed by atoms with van der Waals surface area (Å²) in [4.78, 5) is 15.7. The van der Waals surface area contributed by atoms with Crippen LogP contribution < -0.4 is 4.90 Å². The first-order chi connectivity index (χ1) is 14.7. The van der Waals surface area contributed by atoms with E-state index in [0.29, 0.717) is 23.5 Å². The molecule has 0 aliphatic heterocycles. The number of fused-ring (bicyclic) bond motifs is 5. The van der Waals surface area contributed by atoms with Gasteiger partial charge in [0.1, 0.15) is 0 Å². The summed E-state index contributed by atoms with van der Waals surface area (Å²) in [5, 5.41) is 10.2. The van der Waals surface area contributed by atoms with Gasteiger partial charge in [0, 0.05) is 25.2 Å². The molecule has 0 radical (unpaired) electrons. The zero-order valence-electron chi connectivity index (χ0n) is 19.5. The lowest BCUT2D eigenvalue weighted by atomic mass is 9.48. The summed E-state index contributed by atoms with van der Waals surface area (Å²) in [6, 6.07) is 8.52. The number of anilines is 1. The van der Waals surface area contributed by atoms with Crippen LogP contribution in [0, 0.1) is 28.6 Å². The van der Waals surface area contributed by atoms with Crippen LogP contribution in [0.4, 0.5) is 5.69 Å². The van der Waals surface area contributed by atoms with Gasteiger partial charge in [0.2, 0.25) is 0 Å². The number of hydrogen-bond acceptors (Lipinski definition) is 3. The van der Waals surface area contributed by atoms with Crippen LogP contribution in [0.1, 0.15) is 64.4 Å². The van der Waals surface area contributed by atoms with Crippen LogP contribution in [0.15, 0.2) is 41.5 Å². The molecule has 3 fully saturated rings. The lowest BCUT2D eigenvalue weighted by Crippen LogP contribution is -2.50. The molecule has 0 aromatic heterocycles. The Kier molecular flexibility index (Phi) is 4.97.